The van der Waals surface area contributed by atoms with Gasteiger partial charge in [0.05, 0.1) is 0 Å². The Balaban J connectivity index is 0.00000128. The summed E-state index contributed by atoms with van der Waals surface area (Å²) in [7, 11) is 0. The van der Waals surface area contributed by atoms with E-state index in [9.17, 15) is 0 Å². The molecule has 0 aliphatic rings. The molecule has 0 aliphatic heterocycles. The Bertz CT molecular complexity index is 440. The van der Waals surface area contributed by atoms with Crippen molar-refractivity contribution in [2.75, 3.05) is 0 Å². The number of nitrogens with one attached hydrogen (secondary N) is 1. The molecule has 0 aromatic heterocycles. The molecule has 2 aromatic rings. The van der Waals surface area contributed by atoms with E-state index < -0.39 is 0 Å². The van der Waals surface area contributed by atoms with Gasteiger partial charge in [0.1, 0.15) is 0 Å². The molecule has 3 heteroatoms. The molecule has 16 heavy (non-hydrogen) atoms. The van der Waals surface area contributed by atoms with Gasteiger partial charge in [0.2, 0.25) is 0 Å². The van der Waals surface area contributed by atoms with Crippen LogP contribution in [0.1, 0.15) is 5.56 Å². The number of benzene rings is 2. The molecule has 0 saturated carbocycles. The second kappa shape index (κ2) is 6.48. The number of para-hydroxylation sites is 1. The molecule has 0 radical (unpaired) electrons. The van der Waals surface area contributed by atoms with Crippen molar-refractivity contribution >= 4 is 11.5 Å². The van der Waals surface area contributed by atoms with Crippen LogP contribution in [0.25, 0.3) is 5.32 Å². The first-order valence-electron chi connectivity index (χ1n) is 4.77. The maximum absolute atomic E-state index is 7.80. The van der Waals surface area contributed by atoms with Gasteiger partial charge >= 0.3 is 29.6 Å². The molecule has 0 saturated heterocycles. The van der Waals surface area contributed by atoms with Crippen molar-refractivity contribution in [3.8, 4) is 0 Å². The van der Waals surface area contributed by atoms with Gasteiger partial charge in [-0.3, -0.25) is 0 Å². The summed E-state index contributed by atoms with van der Waals surface area (Å²) in [6.45, 7) is 0. The number of amidine groups is 1. The fraction of sp³-hybridized carbons (Fsp3) is 0. The molecule has 0 amide bonds. The van der Waals surface area contributed by atoms with Crippen LogP contribution in [0.3, 0.4) is 0 Å². The summed E-state index contributed by atoms with van der Waals surface area (Å²) in [5.41, 5.74) is 1.65. The van der Waals surface area contributed by atoms with E-state index in [1.807, 2.05) is 60.7 Å². The second-order valence-corrected chi connectivity index (χ2v) is 3.16. The average Bonchev–Trinajstić information content (AvgIpc) is 2.31. The number of nitrogens with zero attached hydrogens (tertiary/aromatic N) is 1. The van der Waals surface area contributed by atoms with Crippen LogP contribution in [0.5, 0.6) is 0 Å². The van der Waals surface area contributed by atoms with Crippen LogP contribution < -0.4 is 29.6 Å². The normalized spacial score (nSPS) is 9.00. The molecular weight excluding hydrogens is 207 g/mol. The Labute approximate surface area is 118 Å². The summed E-state index contributed by atoms with van der Waals surface area (Å²) in [5.74, 6) is 0.293. The summed E-state index contributed by atoms with van der Waals surface area (Å²) < 4.78 is 0. The molecule has 0 unspecified atom stereocenters. The largest absolute Gasteiger partial charge is 1.00 e. The van der Waals surface area contributed by atoms with E-state index in [1.54, 1.807) is 0 Å². The molecule has 0 atom stereocenters. The van der Waals surface area contributed by atoms with Crippen LogP contribution in [0, 0.1) is 5.41 Å². The van der Waals surface area contributed by atoms with Crippen molar-refractivity contribution in [1.29, 1.82) is 5.41 Å². The van der Waals surface area contributed by atoms with E-state index in [0.717, 1.165) is 11.3 Å². The van der Waals surface area contributed by atoms with Crippen molar-refractivity contribution in [2.45, 2.75) is 0 Å². The van der Waals surface area contributed by atoms with Gasteiger partial charge in [0.25, 0.3) is 0 Å². The van der Waals surface area contributed by atoms with Crippen LogP contribution in [0.15, 0.2) is 60.7 Å². The summed E-state index contributed by atoms with van der Waals surface area (Å²) >= 11 is 0. The van der Waals surface area contributed by atoms with Gasteiger partial charge in [-0.25, -0.2) is 0 Å². The van der Waals surface area contributed by atoms with E-state index in [-0.39, 0.29) is 29.6 Å². The van der Waals surface area contributed by atoms with E-state index in [1.165, 1.54) is 0 Å². The molecule has 0 fully saturated rings. The summed E-state index contributed by atoms with van der Waals surface area (Å²) in [4.78, 5) is 0. The zero-order valence-corrected chi connectivity index (χ0v) is 11.2. The van der Waals surface area contributed by atoms with Gasteiger partial charge in [-0.15, -0.1) is 0 Å². The molecule has 0 heterocycles. The summed E-state index contributed by atoms with van der Waals surface area (Å²) in [6.07, 6.45) is 0. The van der Waals surface area contributed by atoms with E-state index in [2.05, 4.69) is 5.32 Å². The monoisotopic (exact) mass is 218 g/mol. The molecule has 0 aliphatic carbocycles. The van der Waals surface area contributed by atoms with Gasteiger partial charge in [0.15, 0.2) is 0 Å². The van der Waals surface area contributed by atoms with Crippen LogP contribution in [-0.2, 0) is 0 Å². The Morgan fingerprint density at radius 2 is 1.31 bits per heavy atom. The Kier molecular flexibility index (Phi) is 5.26. The van der Waals surface area contributed by atoms with Crippen molar-refractivity contribution in [1.82, 2.24) is 0 Å². The van der Waals surface area contributed by atoms with Gasteiger partial charge in [0, 0.05) is 0 Å². The maximum atomic E-state index is 7.80. The first-order valence-corrected chi connectivity index (χ1v) is 4.77. The van der Waals surface area contributed by atoms with Crippen LogP contribution >= 0.6 is 0 Å². The predicted octanol–water partition coefficient (Wildman–Crippen LogP) is 0.721. The minimum Gasteiger partial charge on any atom is -0.482 e. The van der Waals surface area contributed by atoms with E-state index >= 15 is 0 Å². The molecule has 2 aromatic carbocycles. The molecule has 2 rings (SSSR count). The van der Waals surface area contributed by atoms with E-state index in [0.29, 0.717) is 5.84 Å². The smallest absolute Gasteiger partial charge is 0.482 e. The Morgan fingerprint density at radius 1 is 0.812 bits per heavy atom. The van der Waals surface area contributed by atoms with Crippen LogP contribution in [0.4, 0.5) is 5.69 Å². The SMILES string of the molecule is N=C([N-]c1ccccc1)c1ccccc1.[Na+]. The third-order valence-corrected chi connectivity index (χ3v) is 2.04. The van der Waals surface area contributed by atoms with Gasteiger partial charge in [-0.2, -0.15) is 0 Å². The standard InChI is InChI=1S/C13H11N2.Na/c14-13(11-7-3-1-4-8-11)15-12-9-5-2-6-10-12;/h1-10H,(H-,14,15);/q-1;+1. The second-order valence-electron chi connectivity index (χ2n) is 3.16. The third kappa shape index (κ3) is 3.49. The first kappa shape index (κ1) is 13.0. The minimum absolute atomic E-state index is 0. The molecule has 0 bridgehead atoms. The Hall–Kier alpha value is -1.09. The van der Waals surface area contributed by atoms with Crippen LogP contribution in [0.2, 0.25) is 0 Å². The van der Waals surface area contributed by atoms with Crippen molar-refractivity contribution in [3.05, 3.63) is 71.5 Å². The summed E-state index contributed by atoms with van der Waals surface area (Å²) in [6, 6.07) is 19.0. The summed E-state index contributed by atoms with van der Waals surface area (Å²) in [5, 5.41) is 12.0. The minimum atomic E-state index is 0. The zero-order chi connectivity index (χ0) is 10.5. The number of rotatable bonds is 2. The molecule has 74 valence electrons. The van der Waals surface area contributed by atoms with Gasteiger partial charge < -0.3 is 10.7 Å². The van der Waals surface area contributed by atoms with Gasteiger partial charge in [-0.1, -0.05) is 66.5 Å². The maximum Gasteiger partial charge on any atom is 1.00 e. The quantitative estimate of drug-likeness (QED) is 0.438. The predicted molar refractivity (Wildman–Crippen MR) is 62.7 cm³/mol. The van der Waals surface area contributed by atoms with Crippen molar-refractivity contribution in [2.24, 2.45) is 0 Å². The van der Waals surface area contributed by atoms with Gasteiger partial charge in [-0.05, 0) is 11.3 Å². The zero-order valence-electron chi connectivity index (χ0n) is 9.22. The molecule has 2 nitrogen and oxygen atoms in total. The molecule has 1 N–H and O–H groups in total. The Morgan fingerprint density at radius 3 is 1.88 bits per heavy atom. The van der Waals surface area contributed by atoms with Crippen molar-refractivity contribution in [3.63, 3.8) is 0 Å². The fourth-order valence-corrected chi connectivity index (χ4v) is 1.29. The first-order chi connectivity index (χ1) is 7.36. The van der Waals surface area contributed by atoms with Crippen molar-refractivity contribution < 1.29 is 29.6 Å². The average molecular weight is 218 g/mol. The topological polar surface area (TPSA) is 38.0 Å². The molecule has 0 spiro atoms. The van der Waals surface area contributed by atoms with Crippen LogP contribution in [-0.4, -0.2) is 5.84 Å². The fourth-order valence-electron chi connectivity index (χ4n) is 1.29. The number of hydrogen-bond acceptors (Lipinski definition) is 1. The molecular formula is C13H11N2Na. The van der Waals surface area contributed by atoms with E-state index in [4.69, 9.17) is 5.41 Å². The third-order valence-electron chi connectivity index (χ3n) is 2.04. The number of hydrogen-bond donors (Lipinski definition) is 1.